The molecule has 3 aromatic carbocycles. The molecule has 0 radical (unpaired) electrons. The minimum Gasteiger partial charge on any atom is -0.486 e. The highest BCUT2D eigenvalue weighted by atomic mass is 19.1. The van der Waals surface area contributed by atoms with Gasteiger partial charge < -0.3 is 15.4 Å². The van der Waals surface area contributed by atoms with Gasteiger partial charge >= 0.3 is 0 Å². The first kappa shape index (κ1) is 16.9. The number of anilines is 1. The Kier molecular flexibility index (Phi) is 4.76. The van der Waals surface area contributed by atoms with Crippen molar-refractivity contribution in [2.45, 2.75) is 25.5 Å². The average Bonchev–Trinajstić information content (AvgIpc) is 2.67. The fraction of sp³-hybridized carbons (Fsp3) is 0.273. The van der Waals surface area contributed by atoms with Crippen LogP contribution in [0.15, 0.2) is 60.7 Å². The molecule has 0 saturated heterocycles. The van der Waals surface area contributed by atoms with Gasteiger partial charge in [0, 0.05) is 12.1 Å². The highest BCUT2D eigenvalue weighted by Gasteiger charge is 2.19. The van der Waals surface area contributed by atoms with E-state index in [-0.39, 0.29) is 18.0 Å². The van der Waals surface area contributed by atoms with Gasteiger partial charge in [-0.2, -0.15) is 0 Å². The normalized spacial score (nSPS) is 17.2. The lowest BCUT2D eigenvalue weighted by atomic mass is 9.99. The molecule has 1 aliphatic rings. The van der Waals surface area contributed by atoms with Gasteiger partial charge in [0.2, 0.25) is 0 Å². The second-order valence-corrected chi connectivity index (χ2v) is 6.79. The van der Waals surface area contributed by atoms with E-state index in [1.165, 1.54) is 28.5 Å². The minimum absolute atomic E-state index is 0.0384. The molecular formula is C22H23FN2O. The van der Waals surface area contributed by atoms with E-state index in [4.69, 9.17) is 4.74 Å². The van der Waals surface area contributed by atoms with Crippen LogP contribution in [0.2, 0.25) is 0 Å². The molecule has 1 aliphatic heterocycles. The van der Waals surface area contributed by atoms with Crippen molar-refractivity contribution >= 4 is 16.5 Å². The fourth-order valence-electron chi connectivity index (χ4n) is 3.54. The number of nitrogens with one attached hydrogen (secondary N) is 2. The predicted molar refractivity (Wildman–Crippen MR) is 104 cm³/mol. The average molecular weight is 350 g/mol. The van der Waals surface area contributed by atoms with E-state index >= 15 is 0 Å². The SMILES string of the molecule is C[C@@H](NCCC1CNc2ccc(F)cc2O1)c1cccc2ccccc12. The van der Waals surface area contributed by atoms with Gasteiger partial charge in [0.15, 0.2) is 0 Å². The second kappa shape index (κ2) is 7.34. The van der Waals surface area contributed by atoms with Gasteiger partial charge in [0.1, 0.15) is 17.7 Å². The highest BCUT2D eigenvalue weighted by molar-refractivity contribution is 5.86. The molecular weight excluding hydrogens is 327 g/mol. The first-order chi connectivity index (χ1) is 12.7. The standard InChI is InChI=1S/C22H23FN2O/c1-15(19-8-4-6-16-5-2-3-7-20(16)19)24-12-11-18-14-25-21-10-9-17(23)13-22(21)26-18/h2-10,13,15,18,24-25H,11-12,14H2,1H3/t15-,18?/m1/s1. The minimum atomic E-state index is -0.270. The lowest BCUT2D eigenvalue weighted by Crippen LogP contribution is -2.34. The summed E-state index contributed by atoms with van der Waals surface area (Å²) in [5, 5.41) is 9.45. The first-order valence-electron chi connectivity index (χ1n) is 9.12. The smallest absolute Gasteiger partial charge is 0.145 e. The van der Waals surface area contributed by atoms with Gasteiger partial charge in [-0.1, -0.05) is 42.5 Å². The predicted octanol–water partition coefficient (Wildman–Crippen LogP) is 4.89. The number of benzene rings is 3. The Morgan fingerprint density at radius 3 is 2.92 bits per heavy atom. The molecule has 3 aromatic rings. The fourth-order valence-corrected chi connectivity index (χ4v) is 3.54. The molecule has 0 bridgehead atoms. The van der Waals surface area contributed by atoms with Crippen LogP contribution in [0.5, 0.6) is 5.75 Å². The monoisotopic (exact) mass is 350 g/mol. The van der Waals surface area contributed by atoms with Crippen molar-refractivity contribution < 1.29 is 9.13 Å². The van der Waals surface area contributed by atoms with Gasteiger partial charge in [-0.05, 0) is 48.4 Å². The van der Waals surface area contributed by atoms with Crippen molar-refractivity contribution in [2.75, 3.05) is 18.4 Å². The summed E-state index contributed by atoms with van der Waals surface area (Å²) in [6.07, 6.45) is 0.898. The molecule has 134 valence electrons. The van der Waals surface area contributed by atoms with Gasteiger partial charge in [-0.25, -0.2) is 4.39 Å². The van der Waals surface area contributed by atoms with Gasteiger partial charge in [-0.15, -0.1) is 0 Å². The summed E-state index contributed by atoms with van der Waals surface area (Å²) < 4.78 is 19.3. The zero-order chi connectivity index (χ0) is 17.9. The third-order valence-corrected chi connectivity index (χ3v) is 4.96. The number of hydrogen-bond donors (Lipinski definition) is 2. The van der Waals surface area contributed by atoms with Crippen molar-refractivity contribution in [1.82, 2.24) is 5.32 Å². The summed E-state index contributed by atoms with van der Waals surface area (Å²) in [5.41, 5.74) is 2.16. The summed E-state index contributed by atoms with van der Waals surface area (Å²) >= 11 is 0. The molecule has 26 heavy (non-hydrogen) atoms. The van der Waals surface area contributed by atoms with Crippen molar-refractivity contribution in [3.8, 4) is 5.75 Å². The van der Waals surface area contributed by atoms with Crippen LogP contribution in [0, 0.1) is 5.82 Å². The van der Waals surface area contributed by atoms with Crippen LogP contribution in [-0.4, -0.2) is 19.2 Å². The molecule has 1 unspecified atom stereocenters. The number of hydrogen-bond acceptors (Lipinski definition) is 3. The summed E-state index contributed by atoms with van der Waals surface area (Å²) in [7, 11) is 0. The Labute approximate surface area is 153 Å². The van der Waals surface area contributed by atoms with Crippen molar-refractivity contribution in [2.24, 2.45) is 0 Å². The van der Waals surface area contributed by atoms with Crippen LogP contribution in [-0.2, 0) is 0 Å². The van der Waals surface area contributed by atoms with Crippen LogP contribution in [0.4, 0.5) is 10.1 Å². The zero-order valence-corrected chi connectivity index (χ0v) is 14.8. The Morgan fingerprint density at radius 1 is 1.15 bits per heavy atom. The maximum absolute atomic E-state index is 13.4. The van der Waals surface area contributed by atoms with E-state index in [2.05, 4.69) is 60.0 Å². The van der Waals surface area contributed by atoms with E-state index in [9.17, 15) is 4.39 Å². The number of fused-ring (bicyclic) bond motifs is 2. The van der Waals surface area contributed by atoms with E-state index in [0.29, 0.717) is 5.75 Å². The molecule has 3 nitrogen and oxygen atoms in total. The Balaban J connectivity index is 1.36. The molecule has 0 amide bonds. The lowest BCUT2D eigenvalue weighted by molar-refractivity contribution is 0.193. The van der Waals surface area contributed by atoms with E-state index in [0.717, 1.165) is 25.2 Å². The molecule has 1 heterocycles. The summed E-state index contributed by atoms with van der Waals surface area (Å²) in [6.45, 7) is 3.76. The van der Waals surface area contributed by atoms with Crippen molar-refractivity contribution in [3.05, 3.63) is 72.0 Å². The zero-order valence-electron chi connectivity index (χ0n) is 14.8. The molecule has 4 rings (SSSR count). The Morgan fingerprint density at radius 2 is 2.00 bits per heavy atom. The molecule has 0 fully saturated rings. The van der Waals surface area contributed by atoms with Gasteiger partial charge in [-0.3, -0.25) is 0 Å². The van der Waals surface area contributed by atoms with Crippen LogP contribution < -0.4 is 15.4 Å². The van der Waals surface area contributed by atoms with Crippen LogP contribution >= 0.6 is 0 Å². The highest BCUT2D eigenvalue weighted by Crippen LogP contribution is 2.30. The maximum atomic E-state index is 13.4. The van der Waals surface area contributed by atoms with Gasteiger partial charge in [0.05, 0.1) is 12.2 Å². The van der Waals surface area contributed by atoms with E-state index in [1.807, 2.05) is 0 Å². The van der Waals surface area contributed by atoms with E-state index < -0.39 is 0 Å². The Hall–Kier alpha value is -2.59. The summed E-state index contributed by atoms with van der Waals surface area (Å²) in [5.74, 6) is 0.331. The molecule has 0 saturated carbocycles. The molecule has 0 spiro atoms. The van der Waals surface area contributed by atoms with E-state index in [1.54, 1.807) is 6.07 Å². The molecule has 4 heteroatoms. The van der Waals surface area contributed by atoms with Crippen molar-refractivity contribution in [1.29, 1.82) is 0 Å². The van der Waals surface area contributed by atoms with Crippen LogP contribution in [0.3, 0.4) is 0 Å². The molecule has 0 aliphatic carbocycles. The van der Waals surface area contributed by atoms with Crippen molar-refractivity contribution in [3.63, 3.8) is 0 Å². The maximum Gasteiger partial charge on any atom is 0.145 e. The third kappa shape index (κ3) is 3.51. The number of ether oxygens (including phenoxy) is 1. The topological polar surface area (TPSA) is 33.3 Å². The Bertz CT molecular complexity index is 906. The summed E-state index contributed by atoms with van der Waals surface area (Å²) in [6, 6.07) is 19.8. The molecule has 0 aromatic heterocycles. The molecule has 2 N–H and O–H groups in total. The summed E-state index contributed by atoms with van der Waals surface area (Å²) in [4.78, 5) is 0. The second-order valence-electron chi connectivity index (χ2n) is 6.79. The lowest BCUT2D eigenvalue weighted by Gasteiger charge is -2.28. The van der Waals surface area contributed by atoms with Gasteiger partial charge in [0.25, 0.3) is 0 Å². The van der Waals surface area contributed by atoms with Crippen LogP contribution in [0.25, 0.3) is 10.8 Å². The first-order valence-corrected chi connectivity index (χ1v) is 9.12. The third-order valence-electron chi connectivity index (χ3n) is 4.96. The number of rotatable bonds is 5. The largest absolute Gasteiger partial charge is 0.486 e. The van der Waals surface area contributed by atoms with Crippen LogP contribution in [0.1, 0.15) is 24.9 Å². The quantitative estimate of drug-likeness (QED) is 0.687. The molecule has 2 atom stereocenters. The number of halogens is 1.